The van der Waals surface area contributed by atoms with E-state index < -0.39 is 0 Å². The van der Waals surface area contributed by atoms with E-state index in [4.69, 9.17) is 4.74 Å². The molecule has 1 atom stereocenters. The van der Waals surface area contributed by atoms with Gasteiger partial charge in [-0.05, 0) is 45.0 Å². The highest BCUT2D eigenvalue weighted by molar-refractivity contribution is 5.31. The Bertz CT molecular complexity index is 354. The van der Waals surface area contributed by atoms with Crippen LogP contribution in [0, 0.1) is 0 Å². The average Bonchev–Trinajstić information content (AvgIpc) is 2.32. The quantitative estimate of drug-likeness (QED) is 0.871. The van der Waals surface area contributed by atoms with Crippen molar-refractivity contribution in [3.05, 3.63) is 24.3 Å². The molecule has 17 heavy (non-hydrogen) atoms. The fraction of sp³-hybridized carbons (Fsp3) is 0.571. The Morgan fingerprint density at radius 1 is 1.41 bits per heavy atom. The van der Waals surface area contributed by atoms with Crippen LogP contribution in [0.3, 0.4) is 0 Å². The smallest absolute Gasteiger partial charge is 0.122 e. The van der Waals surface area contributed by atoms with Crippen molar-refractivity contribution in [1.82, 2.24) is 4.90 Å². The maximum atomic E-state index is 9.31. The van der Waals surface area contributed by atoms with Crippen molar-refractivity contribution in [3.63, 3.8) is 0 Å². The van der Waals surface area contributed by atoms with Crippen LogP contribution in [-0.2, 0) is 0 Å². The summed E-state index contributed by atoms with van der Waals surface area (Å²) in [4.78, 5) is 2.43. The van der Waals surface area contributed by atoms with Crippen LogP contribution in [0.1, 0.15) is 25.7 Å². The third-order valence-corrected chi connectivity index (χ3v) is 3.46. The monoisotopic (exact) mass is 235 g/mol. The zero-order chi connectivity index (χ0) is 12.1. The molecule has 1 aromatic rings. The third kappa shape index (κ3) is 3.63. The van der Waals surface area contributed by atoms with Crippen LogP contribution in [0.25, 0.3) is 0 Å². The number of benzene rings is 1. The molecule has 0 amide bonds. The predicted molar refractivity (Wildman–Crippen MR) is 68.5 cm³/mol. The number of phenolic OH excluding ortho intramolecular Hbond substituents is 1. The van der Waals surface area contributed by atoms with Gasteiger partial charge in [-0.25, -0.2) is 0 Å². The zero-order valence-corrected chi connectivity index (χ0v) is 10.4. The Balaban J connectivity index is 1.75. The van der Waals surface area contributed by atoms with Gasteiger partial charge in [-0.2, -0.15) is 0 Å². The number of nitrogens with zero attached hydrogens (tertiary/aromatic N) is 1. The van der Waals surface area contributed by atoms with E-state index in [0.717, 1.165) is 18.8 Å². The van der Waals surface area contributed by atoms with Gasteiger partial charge in [0.25, 0.3) is 0 Å². The van der Waals surface area contributed by atoms with Crippen molar-refractivity contribution in [2.24, 2.45) is 0 Å². The van der Waals surface area contributed by atoms with Gasteiger partial charge in [0.15, 0.2) is 0 Å². The lowest BCUT2D eigenvalue weighted by atomic mass is 10.0. The summed E-state index contributed by atoms with van der Waals surface area (Å²) in [6.07, 6.45) is 4.99. The minimum atomic E-state index is 0.261. The van der Waals surface area contributed by atoms with Gasteiger partial charge >= 0.3 is 0 Å². The van der Waals surface area contributed by atoms with E-state index in [-0.39, 0.29) is 5.75 Å². The number of aromatic hydroxyl groups is 1. The Labute approximate surface area is 103 Å². The minimum absolute atomic E-state index is 0.261. The molecular weight excluding hydrogens is 214 g/mol. The number of ether oxygens (including phenoxy) is 1. The van der Waals surface area contributed by atoms with E-state index in [2.05, 4.69) is 11.9 Å². The van der Waals surface area contributed by atoms with Gasteiger partial charge in [-0.1, -0.05) is 12.5 Å². The van der Waals surface area contributed by atoms with Crippen molar-refractivity contribution < 1.29 is 9.84 Å². The summed E-state index contributed by atoms with van der Waals surface area (Å²) < 4.78 is 5.65. The molecule has 0 aliphatic carbocycles. The molecule has 1 aromatic carbocycles. The van der Waals surface area contributed by atoms with Crippen molar-refractivity contribution in [2.45, 2.75) is 31.7 Å². The molecule has 3 heteroatoms. The van der Waals surface area contributed by atoms with Gasteiger partial charge in [-0.15, -0.1) is 0 Å². The van der Waals surface area contributed by atoms with Gasteiger partial charge in [0, 0.05) is 12.1 Å². The van der Waals surface area contributed by atoms with Crippen molar-refractivity contribution in [3.8, 4) is 11.5 Å². The van der Waals surface area contributed by atoms with Crippen molar-refractivity contribution in [2.75, 3.05) is 20.2 Å². The largest absolute Gasteiger partial charge is 0.508 e. The highest BCUT2D eigenvalue weighted by Gasteiger charge is 2.18. The lowest BCUT2D eigenvalue weighted by molar-refractivity contribution is 0.153. The lowest BCUT2D eigenvalue weighted by Crippen LogP contribution is -2.37. The first-order chi connectivity index (χ1) is 8.25. The Hall–Kier alpha value is -1.22. The van der Waals surface area contributed by atoms with Crippen LogP contribution < -0.4 is 4.74 Å². The predicted octanol–water partition coefficient (Wildman–Crippen LogP) is 2.65. The molecule has 1 aliphatic heterocycles. The topological polar surface area (TPSA) is 32.7 Å². The molecule has 2 rings (SSSR count). The second-order valence-electron chi connectivity index (χ2n) is 4.76. The Kier molecular flexibility index (Phi) is 4.26. The number of likely N-dealkylation sites (tertiary alicyclic amines) is 1. The highest BCUT2D eigenvalue weighted by atomic mass is 16.5. The standard InChI is InChI=1S/C14H21NO2/c1-15-9-3-2-5-12(15)8-10-17-14-7-4-6-13(16)11-14/h4,6-7,11-12,16H,2-3,5,8-10H2,1H3. The van der Waals surface area contributed by atoms with Crippen LogP contribution in [0.5, 0.6) is 11.5 Å². The summed E-state index contributed by atoms with van der Waals surface area (Å²) in [5.74, 6) is 1.01. The molecule has 0 aromatic heterocycles. The second-order valence-corrected chi connectivity index (χ2v) is 4.76. The summed E-state index contributed by atoms with van der Waals surface area (Å²) >= 11 is 0. The third-order valence-electron chi connectivity index (χ3n) is 3.46. The summed E-state index contributed by atoms with van der Waals surface area (Å²) in [6.45, 7) is 1.93. The first kappa shape index (κ1) is 12.2. The number of phenols is 1. The molecule has 0 spiro atoms. The minimum Gasteiger partial charge on any atom is -0.508 e. The van der Waals surface area contributed by atoms with Crippen LogP contribution in [0.15, 0.2) is 24.3 Å². The number of hydrogen-bond donors (Lipinski definition) is 1. The van der Waals surface area contributed by atoms with Crippen LogP contribution in [0.4, 0.5) is 0 Å². The normalized spacial score (nSPS) is 21.4. The molecular formula is C14H21NO2. The zero-order valence-electron chi connectivity index (χ0n) is 10.4. The van der Waals surface area contributed by atoms with Gasteiger partial charge < -0.3 is 14.7 Å². The molecule has 1 unspecified atom stereocenters. The van der Waals surface area contributed by atoms with Gasteiger partial charge in [0.2, 0.25) is 0 Å². The maximum Gasteiger partial charge on any atom is 0.122 e. The molecule has 1 aliphatic rings. The van der Waals surface area contributed by atoms with Gasteiger partial charge in [0.05, 0.1) is 6.61 Å². The first-order valence-electron chi connectivity index (χ1n) is 6.38. The molecule has 1 heterocycles. The van der Waals surface area contributed by atoms with Gasteiger partial charge in [0.1, 0.15) is 11.5 Å². The summed E-state index contributed by atoms with van der Waals surface area (Å²) in [7, 11) is 2.19. The SMILES string of the molecule is CN1CCCCC1CCOc1cccc(O)c1. The molecule has 0 saturated carbocycles. The van der Waals surface area contributed by atoms with E-state index in [1.54, 1.807) is 18.2 Å². The van der Waals surface area contributed by atoms with E-state index >= 15 is 0 Å². The van der Waals surface area contributed by atoms with Crippen LogP contribution in [-0.4, -0.2) is 36.2 Å². The lowest BCUT2D eigenvalue weighted by Gasteiger charge is -2.32. The molecule has 0 bridgehead atoms. The van der Waals surface area contributed by atoms with E-state index in [9.17, 15) is 5.11 Å². The summed E-state index contributed by atoms with van der Waals surface area (Å²) in [6, 6.07) is 7.65. The first-order valence-corrected chi connectivity index (χ1v) is 6.38. The maximum absolute atomic E-state index is 9.31. The second kappa shape index (κ2) is 5.92. The van der Waals surface area contributed by atoms with Crippen molar-refractivity contribution >= 4 is 0 Å². The highest BCUT2D eigenvalue weighted by Crippen LogP contribution is 2.20. The molecule has 1 fully saturated rings. The molecule has 1 N–H and O–H groups in total. The molecule has 1 saturated heterocycles. The Morgan fingerprint density at radius 3 is 3.06 bits per heavy atom. The van der Waals surface area contributed by atoms with Crippen LogP contribution in [0.2, 0.25) is 0 Å². The summed E-state index contributed by atoms with van der Waals surface area (Å²) in [5, 5.41) is 9.31. The van der Waals surface area contributed by atoms with E-state index in [1.807, 2.05) is 6.07 Å². The van der Waals surface area contributed by atoms with Crippen molar-refractivity contribution in [1.29, 1.82) is 0 Å². The fourth-order valence-electron chi connectivity index (χ4n) is 2.39. The molecule has 3 nitrogen and oxygen atoms in total. The van der Waals surface area contributed by atoms with Crippen LogP contribution >= 0.6 is 0 Å². The average molecular weight is 235 g/mol. The van der Waals surface area contributed by atoms with E-state index in [1.165, 1.54) is 25.8 Å². The number of piperidine rings is 1. The number of hydrogen-bond acceptors (Lipinski definition) is 3. The Morgan fingerprint density at radius 2 is 2.29 bits per heavy atom. The summed E-state index contributed by atoms with van der Waals surface area (Å²) in [5.41, 5.74) is 0. The number of rotatable bonds is 4. The fourth-order valence-corrected chi connectivity index (χ4v) is 2.39. The molecule has 0 radical (unpaired) electrons. The molecule has 94 valence electrons. The van der Waals surface area contributed by atoms with Gasteiger partial charge in [-0.3, -0.25) is 0 Å². The van der Waals surface area contributed by atoms with E-state index in [0.29, 0.717) is 6.04 Å².